The number of fused-ring (bicyclic) bond motifs is 1. The molecular formula is C34H42O9. The van der Waals surface area contributed by atoms with Gasteiger partial charge in [-0.25, -0.2) is 9.59 Å². The molecule has 0 aromatic heterocycles. The third-order valence-corrected chi connectivity index (χ3v) is 8.98. The summed E-state index contributed by atoms with van der Waals surface area (Å²) in [5.74, 6) is -3.45. The first-order valence-corrected chi connectivity index (χ1v) is 14.5. The molecule has 0 bridgehead atoms. The third-order valence-electron chi connectivity index (χ3n) is 8.98. The Morgan fingerprint density at radius 3 is 1.86 bits per heavy atom. The zero-order chi connectivity index (χ0) is 31.7. The van der Waals surface area contributed by atoms with Crippen LogP contribution in [0.5, 0.6) is 0 Å². The van der Waals surface area contributed by atoms with E-state index in [0.29, 0.717) is 11.1 Å². The van der Waals surface area contributed by atoms with Gasteiger partial charge in [0.25, 0.3) is 0 Å². The van der Waals surface area contributed by atoms with E-state index in [1.165, 1.54) is 25.2 Å². The number of esters is 2. The summed E-state index contributed by atoms with van der Waals surface area (Å²) in [6, 6.07) is 16.6. The summed E-state index contributed by atoms with van der Waals surface area (Å²) >= 11 is 0. The maximum atomic E-state index is 13.1. The van der Waals surface area contributed by atoms with Crippen LogP contribution in [0, 0.1) is 17.3 Å². The molecule has 4 rings (SSSR count). The van der Waals surface area contributed by atoms with Gasteiger partial charge in [0.05, 0.1) is 23.3 Å². The van der Waals surface area contributed by atoms with Gasteiger partial charge >= 0.3 is 11.9 Å². The Morgan fingerprint density at radius 2 is 1.33 bits per heavy atom. The number of carbonyl (C=O) groups is 2. The van der Waals surface area contributed by atoms with Crippen LogP contribution in [0.3, 0.4) is 0 Å². The smallest absolute Gasteiger partial charge is 0.338 e. The number of aliphatic hydroxyl groups excluding tert-OH is 3. The number of hydrogen-bond acceptors (Lipinski definition) is 9. The highest BCUT2D eigenvalue weighted by molar-refractivity contribution is 5.90. The van der Waals surface area contributed by atoms with E-state index in [9.17, 15) is 35.1 Å². The normalized spacial score (nSPS) is 37.9. The largest absolute Gasteiger partial charge is 0.458 e. The number of rotatable bonds is 4. The summed E-state index contributed by atoms with van der Waals surface area (Å²) in [6.45, 7) is 7.96. The van der Waals surface area contributed by atoms with Crippen molar-refractivity contribution in [2.24, 2.45) is 17.3 Å². The first kappa shape index (κ1) is 32.6. The Balaban J connectivity index is 1.84. The summed E-state index contributed by atoms with van der Waals surface area (Å²) in [5, 5.41) is 57.8. The number of hydrogen-bond donors (Lipinski definition) is 5. The molecule has 1 fully saturated rings. The predicted octanol–water partition coefficient (Wildman–Crippen LogP) is 3.20. The molecule has 0 radical (unpaired) electrons. The van der Waals surface area contributed by atoms with E-state index in [0.717, 1.165) is 0 Å². The summed E-state index contributed by atoms with van der Waals surface area (Å²) < 4.78 is 11.8. The second kappa shape index (κ2) is 12.3. The van der Waals surface area contributed by atoms with Crippen molar-refractivity contribution in [2.75, 3.05) is 0 Å². The van der Waals surface area contributed by atoms with E-state index in [2.05, 4.69) is 0 Å². The van der Waals surface area contributed by atoms with Crippen molar-refractivity contribution in [1.29, 1.82) is 0 Å². The molecule has 2 aliphatic rings. The molecule has 232 valence electrons. The molecule has 0 aliphatic heterocycles. The van der Waals surface area contributed by atoms with Crippen molar-refractivity contribution in [3.63, 3.8) is 0 Å². The van der Waals surface area contributed by atoms with Gasteiger partial charge in [0.15, 0.2) is 0 Å². The van der Waals surface area contributed by atoms with Crippen LogP contribution in [0.4, 0.5) is 0 Å². The predicted molar refractivity (Wildman–Crippen MR) is 159 cm³/mol. The van der Waals surface area contributed by atoms with Crippen LogP contribution < -0.4 is 0 Å². The van der Waals surface area contributed by atoms with Crippen LogP contribution >= 0.6 is 0 Å². The average molecular weight is 595 g/mol. The van der Waals surface area contributed by atoms with Gasteiger partial charge in [-0.15, -0.1) is 0 Å². The van der Waals surface area contributed by atoms with Crippen LogP contribution in [-0.4, -0.2) is 79.2 Å². The molecule has 0 amide bonds. The molecule has 0 heterocycles. The lowest BCUT2D eigenvalue weighted by molar-refractivity contribution is -0.198. The number of benzene rings is 2. The molecule has 0 saturated heterocycles. The van der Waals surface area contributed by atoms with Crippen molar-refractivity contribution in [1.82, 2.24) is 0 Å². The van der Waals surface area contributed by atoms with Gasteiger partial charge in [0, 0.05) is 23.7 Å². The lowest BCUT2D eigenvalue weighted by Crippen LogP contribution is -2.62. The van der Waals surface area contributed by atoms with Gasteiger partial charge in [-0.05, 0) is 43.7 Å². The standard InChI is InChI=1S/C34H42O9/c1-20-18-24-27(43-30(38)23-14-10-7-11-15-23)21(2)28(36)34(24,41)31(39)33(5,40)17-16-32(3,4)26(35)19-25(20)42-29(37)22-12-8-6-9-13-22/h6-18,21,24-28,31,35-36,39-41H,19H2,1-5H3/b17-16+,20-18+/t21-,24+,25-,26-,27+,28+,31-,33-,34+/m1/s1. The third kappa shape index (κ3) is 6.46. The maximum Gasteiger partial charge on any atom is 0.338 e. The van der Waals surface area contributed by atoms with E-state index in [1.807, 2.05) is 0 Å². The zero-order valence-corrected chi connectivity index (χ0v) is 25.1. The molecular weight excluding hydrogens is 552 g/mol. The van der Waals surface area contributed by atoms with Crippen LogP contribution in [0.2, 0.25) is 0 Å². The van der Waals surface area contributed by atoms with E-state index in [-0.39, 0.29) is 12.0 Å². The van der Waals surface area contributed by atoms with E-state index >= 15 is 0 Å². The molecule has 5 N–H and O–H groups in total. The highest BCUT2D eigenvalue weighted by atomic mass is 16.6. The van der Waals surface area contributed by atoms with Gasteiger partial charge in [-0.3, -0.25) is 0 Å². The lowest BCUT2D eigenvalue weighted by Gasteiger charge is -2.43. The van der Waals surface area contributed by atoms with Gasteiger partial charge in [-0.2, -0.15) is 0 Å². The molecule has 2 aliphatic carbocycles. The fraction of sp³-hybridized carbons (Fsp3) is 0.471. The summed E-state index contributed by atoms with van der Waals surface area (Å²) in [6.07, 6.45) is -2.52. The average Bonchev–Trinajstić information content (AvgIpc) is 3.16. The fourth-order valence-corrected chi connectivity index (χ4v) is 5.96. The van der Waals surface area contributed by atoms with Gasteiger partial charge < -0.3 is 35.0 Å². The van der Waals surface area contributed by atoms with E-state index in [1.54, 1.807) is 88.4 Å². The fourth-order valence-electron chi connectivity index (χ4n) is 5.96. The minimum Gasteiger partial charge on any atom is -0.458 e. The van der Waals surface area contributed by atoms with Gasteiger partial charge in [-0.1, -0.05) is 75.4 Å². The second-order valence-corrected chi connectivity index (χ2v) is 12.7. The van der Waals surface area contributed by atoms with Crippen LogP contribution in [0.15, 0.2) is 84.5 Å². The van der Waals surface area contributed by atoms with Crippen LogP contribution in [-0.2, 0) is 9.47 Å². The quantitative estimate of drug-likeness (QED) is 0.265. The SMILES string of the molecule is C/C1=C\[C@H]2[C@@H](OC(=O)c3ccccc3)[C@@H](C)[C@H](O)[C@]2(O)[C@H](O)[C@](C)(O)/C=C/C(C)(C)[C@H](O)C[C@H]1OC(=O)c1ccccc1. The first-order chi connectivity index (χ1) is 20.1. The molecule has 0 unspecified atom stereocenters. The Morgan fingerprint density at radius 1 is 0.814 bits per heavy atom. The molecule has 9 heteroatoms. The molecule has 1 saturated carbocycles. The first-order valence-electron chi connectivity index (χ1n) is 14.5. The molecule has 9 atom stereocenters. The second-order valence-electron chi connectivity index (χ2n) is 12.7. The van der Waals surface area contributed by atoms with Crippen LogP contribution in [0.1, 0.15) is 61.8 Å². The Kier molecular flexibility index (Phi) is 9.35. The number of aliphatic hydroxyl groups is 5. The van der Waals surface area contributed by atoms with E-state index < -0.39 is 70.9 Å². The summed E-state index contributed by atoms with van der Waals surface area (Å²) in [4.78, 5) is 26.3. The summed E-state index contributed by atoms with van der Waals surface area (Å²) in [5.41, 5.74) is -4.48. The van der Waals surface area contributed by atoms with Crippen molar-refractivity contribution < 1.29 is 44.6 Å². The van der Waals surface area contributed by atoms with Crippen LogP contribution in [0.25, 0.3) is 0 Å². The molecule has 9 nitrogen and oxygen atoms in total. The minimum atomic E-state index is -2.40. The lowest BCUT2D eigenvalue weighted by atomic mass is 9.73. The molecule has 43 heavy (non-hydrogen) atoms. The minimum absolute atomic E-state index is 0.0410. The topological polar surface area (TPSA) is 154 Å². The number of ether oxygens (including phenoxy) is 2. The zero-order valence-electron chi connectivity index (χ0n) is 25.1. The van der Waals surface area contributed by atoms with Crippen molar-refractivity contribution in [3.05, 3.63) is 95.6 Å². The Hall–Kier alpha value is -3.34. The highest BCUT2D eigenvalue weighted by Gasteiger charge is 2.65. The highest BCUT2D eigenvalue weighted by Crippen LogP contribution is 2.48. The monoisotopic (exact) mass is 594 g/mol. The Bertz CT molecular complexity index is 1350. The summed E-state index contributed by atoms with van der Waals surface area (Å²) in [7, 11) is 0. The van der Waals surface area contributed by atoms with Crippen molar-refractivity contribution in [2.45, 2.75) is 82.8 Å². The molecule has 2 aromatic carbocycles. The number of carbonyl (C=O) groups excluding carboxylic acids is 2. The molecule has 0 spiro atoms. The van der Waals surface area contributed by atoms with Crippen molar-refractivity contribution >= 4 is 11.9 Å². The van der Waals surface area contributed by atoms with Gasteiger partial charge in [0.2, 0.25) is 0 Å². The van der Waals surface area contributed by atoms with Crippen molar-refractivity contribution in [3.8, 4) is 0 Å². The Labute approximate surface area is 252 Å². The van der Waals surface area contributed by atoms with E-state index in [4.69, 9.17) is 9.47 Å². The maximum absolute atomic E-state index is 13.1. The molecule has 2 aromatic rings. The van der Waals surface area contributed by atoms with Gasteiger partial charge in [0.1, 0.15) is 29.5 Å².